The molecule has 252 valence electrons. The molecule has 5 aromatic rings. The Hall–Kier alpha value is -4.67. The smallest absolute Gasteiger partial charge is 0.338 e. The summed E-state index contributed by atoms with van der Waals surface area (Å²) in [5, 5.41) is 4.97. The molecule has 10 heteroatoms. The van der Waals surface area contributed by atoms with E-state index in [9.17, 15) is 9.59 Å². The number of hydrogen-bond acceptors (Lipinski definition) is 8. The predicted octanol–water partition coefficient (Wildman–Crippen LogP) is 7.19. The van der Waals surface area contributed by atoms with Crippen LogP contribution in [0.2, 0.25) is 0 Å². The van der Waals surface area contributed by atoms with E-state index >= 15 is 0 Å². The standard InChI is InChI=1S/C39H40N4O4S2/c1-24(2)20-21-46-31-16-12-27(13-17-31)35-29(23-42(41-35)30-10-8-7-9-11-30)22-33-37(44)43-36(28-14-18-32(48-6)19-15-28)34(38(45)47-25(3)4)26(5)40-39(43)49-33/h7-19,22-25,36H,20-21H2,1-6H3. The van der Waals surface area contributed by atoms with Crippen molar-refractivity contribution in [2.75, 3.05) is 12.9 Å². The van der Waals surface area contributed by atoms with Gasteiger partial charge in [0.15, 0.2) is 4.80 Å². The zero-order valence-electron chi connectivity index (χ0n) is 28.5. The predicted molar refractivity (Wildman–Crippen MR) is 197 cm³/mol. The fourth-order valence-electron chi connectivity index (χ4n) is 5.65. The monoisotopic (exact) mass is 692 g/mol. The number of aromatic nitrogens is 3. The average molecular weight is 693 g/mol. The molecule has 0 N–H and O–H groups in total. The minimum atomic E-state index is -0.685. The number of thiazole rings is 1. The number of carbonyl (C=O) groups excluding carboxylic acids is 1. The Kier molecular flexibility index (Phi) is 10.4. The lowest BCUT2D eigenvalue weighted by molar-refractivity contribution is -0.143. The molecule has 3 heterocycles. The maximum Gasteiger partial charge on any atom is 0.338 e. The van der Waals surface area contributed by atoms with E-state index in [2.05, 4.69) is 13.8 Å². The number of ether oxygens (including phenoxy) is 2. The van der Waals surface area contributed by atoms with Crippen molar-refractivity contribution in [2.45, 2.75) is 58.1 Å². The Morgan fingerprint density at radius 3 is 2.37 bits per heavy atom. The van der Waals surface area contributed by atoms with Crippen LogP contribution < -0.4 is 19.6 Å². The average Bonchev–Trinajstić information content (AvgIpc) is 3.64. The van der Waals surface area contributed by atoms with Crippen molar-refractivity contribution >= 4 is 35.1 Å². The van der Waals surface area contributed by atoms with Crippen LogP contribution in [0.1, 0.15) is 58.2 Å². The van der Waals surface area contributed by atoms with Crippen LogP contribution in [0.25, 0.3) is 23.0 Å². The Balaban J connectivity index is 1.47. The second kappa shape index (κ2) is 14.8. The lowest BCUT2D eigenvalue weighted by atomic mass is 9.96. The first-order valence-corrected chi connectivity index (χ1v) is 18.4. The van der Waals surface area contributed by atoms with E-state index in [1.54, 1.807) is 23.3 Å². The summed E-state index contributed by atoms with van der Waals surface area (Å²) in [5.74, 6) is 0.886. The molecule has 0 spiro atoms. The third kappa shape index (κ3) is 7.50. The van der Waals surface area contributed by atoms with Crippen LogP contribution in [0.5, 0.6) is 5.75 Å². The highest BCUT2D eigenvalue weighted by Gasteiger charge is 2.34. The molecule has 49 heavy (non-hydrogen) atoms. The molecule has 0 fully saturated rings. The molecule has 0 saturated heterocycles. The summed E-state index contributed by atoms with van der Waals surface area (Å²) in [5.41, 5.74) is 4.76. The van der Waals surface area contributed by atoms with Gasteiger partial charge in [-0.3, -0.25) is 9.36 Å². The number of hydrogen-bond donors (Lipinski definition) is 0. The number of thioether (sulfide) groups is 1. The van der Waals surface area contributed by atoms with Gasteiger partial charge < -0.3 is 9.47 Å². The van der Waals surface area contributed by atoms with Crippen molar-refractivity contribution in [3.8, 4) is 22.7 Å². The molecule has 0 saturated carbocycles. The topological polar surface area (TPSA) is 87.7 Å². The number of carbonyl (C=O) groups is 1. The van der Waals surface area contributed by atoms with Gasteiger partial charge in [-0.25, -0.2) is 14.5 Å². The van der Waals surface area contributed by atoms with Gasteiger partial charge in [0.05, 0.1) is 40.2 Å². The summed E-state index contributed by atoms with van der Waals surface area (Å²) >= 11 is 2.93. The minimum Gasteiger partial charge on any atom is -0.494 e. The highest BCUT2D eigenvalue weighted by atomic mass is 32.2. The van der Waals surface area contributed by atoms with Gasteiger partial charge in [0, 0.05) is 22.2 Å². The molecular formula is C39H40N4O4S2. The first-order chi connectivity index (χ1) is 23.6. The van der Waals surface area contributed by atoms with Crippen LogP contribution in [-0.2, 0) is 9.53 Å². The SMILES string of the molecule is CSc1ccc(C2C(C(=O)OC(C)C)=C(C)N=c3sc(=Cc4cn(-c5ccccc5)nc4-c4ccc(OCCC(C)C)cc4)c(=O)n32)cc1. The Labute approximate surface area is 294 Å². The molecule has 2 aromatic heterocycles. The second-order valence-electron chi connectivity index (χ2n) is 12.6. The molecular weight excluding hydrogens is 653 g/mol. The van der Waals surface area contributed by atoms with Crippen LogP contribution in [0.15, 0.2) is 111 Å². The summed E-state index contributed by atoms with van der Waals surface area (Å²) in [6.45, 7) is 10.4. The first-order valence-electron chi connectivity index (χ1n) is 16.4. The fraction of sp³-hybridized carbons (Fsp3) is 0.282. The van der Waals surface area contributed by atoms with Gasteiger partial charge in [-0.1, -0.05) is 55.5 Å². The lowest BCUT2D eigenvalue weighted by Gasteiger charge is -2.25. The first kappa shape index (κ1) is 34.2. The van der Waals surface area contributed by atoms with E-state index in [1.807, 2.05) is 116 Å². The summed E-state index contributed by atoms with van der Waals surface area (Å²) in [4.78, 5) is 34.3. The molecule has 0 amide bonds. The third-order valence-corrected chi connectivity index (χ3v) is 9.88. The molecule has 1 atom stereocenters. The lowest BCUT2D eigenvalue weighted by Crippen LogP contribution is -2.40. The van der Waals surface area contributed by atoms with Gasteiger partial charge in [0.1, 0.15) is 11.4 Å². The van der Waals surface area contributed by atoms with E-state index < -0.39 is 12.0 Å². The molecule has 0 radical (unpaired) electrons. The van der Waals surface area contributed by atoms with Crippen molar-refractivity contribution in [1.82, 2.24) is 14.3 Å². The third-order valence-electron chi connectivity index (χ3n) is 8.16. The number of nitrogens with zero attached hydrogens (tertiary/aromatic N) is 4. The molecule has 8 nitrogen and oxygen atoms in total. The van der Waals surface area contributed by atoms with Crippen molar-refractivity contribution in [2.24, 2.45) is 10.9 Å². The maximum absolute atomic E-state index is 14.4. The van der Waals surface area contributed by atoms with E-state index in [-0.39, 0.29) is 11.7 Å². The largest absolute Gasteiger partial charge is 0.494 e. The van der Waals surface area contributed by atoms with Gasteiger partial charge >= 0.3 is 5.97 Å². The van der Waals surface area contributed by atoms with Crippen molar-refractivity contribution < 1.29 is 14.3 Å². The number of esters is 1. The van der Waals surface area contributed by atoms with Gasteiger partial charge in [0.2, 0.25) is 0 Å². The molecule has 3 aromatic carbocycles. The van der Waals surface area contributed by atoms with E-state index in [0.717, 1.165) is 45.1 Å². The zero-order valence-corrected chi connectivity index (χ0v) is 30.2. The Morgan fingerprint density at radius 2 is 1.71 bits per heavy atom. The quantitative estimate of drug-likeness (QED) is 0.108. The number of allylic oxidation sites excluding steroid dienone is 1. The molecule has 0 bridgehead atoms. The van der Waals surface area contributed by atoms with Crippen molar-refractivity contribution in [1.29, 1.82) is 0 Å². The van der Waals surface area contributed by atoms with E-state index in [0.29, 0.717) is 33.1 Å². The van der Waals surface area contributed by atoms with E-state index in [1.165, 1.54) is 11.3 Å². The molecule has 6 rings (SSSR count). The van der Waals surface area contributed by atoms with Gasteiger partial charge in [0.25, 0.3) is 5.56 Å². The fourth-order valence-corrected chi connectivity index (χ4v) is 7.10. The summed E-state index contributed by atoms with van der Waals surface area (Å²) in [7, 11) is 0. The highest BCUT2D eigenvalue weighted by molar-refractivity contribution is 7.98. The number of rotatable bonds is 11. The normalized spacial score (nSPS) is 14.7. The molecule has 0 aliphatic carbocycles. The molecule has 1 unspecified atom stereocenters. The van der Waals surface area contributed by atoms with Crippen LogP contribution in [-0.4, -0.2) is 39.3 Å². The molecule has 1 aliphatic heterocycles. The Morgan fingerprint density at radius 1 is 1.00 bits per heavy atom. The number of benzene rings is 3. The van der Waals surface area contributed by atoms with Gasteiger partial charge in [-0.15, -0.1) is 11.8 Å². The zero-order chi connectivity index (χ0) is 34.7. The Bertz CT molecular complexity index is 2160. The van der Waals surface area contributed by atoms with Crippen molar-refractivity contribution in [3.05, 3.63) is 127 Å². The maximum atomic E-state index is 14.4. The summed E-state index contributed by atoms with van der Waals surface area (Å²) in [6.07, 6.45) is 6.48. The van der Waals surface area contributed by atoms with Crippen LogP contribution in [0.3, 0.4) is 0 Å². The second-order valence-corrected chi connectivity index (χ2v) is 14.5. The van der Waals surface area contributed by atoms with Crippen molar-refractivity contribution in [3.63, 3.8) is 0 Å². The number of fused-ring (bicyclic) bond motifs is 1. The van der Waals surface area contributed by atoms with Crippen LogP contribution in [0.4, 0.5) is 0 Å². The number of para-hydroxylation sites is 1. The van der Waals surface area contributed by atoms with Crippen LogP contribution >= 0.6 is 23.1 Å². The highest BCUT2D eigenvalue weighted by Crippen LogP contribution is 2.32. The minimum absolute atomic E-state index is 0.239. The van der Waals surface area contributed by atoms with Crippen LogP contribution in [0, 0.1) is 5.92 Å². The summed E-state index contributed by atoms with van der Waals surface area (Å²) < 4.78 is 15.6. The van der Waals surface area contributed by atoms with Gasteiger partial charge in [-0.2, -0.15) is 5.10 Å². The van der Waals surface area contributed by atoms with E-state index in [4.69, 9.17) is 19.6 Å². The van der Waals surface area contributed by atoms with Gasteiger partial charge in [-0.05, 0) is 99.5 Å². The molecule has 1 aliphatic rings. The summed E-state index contributed by atoms with van der Waals surface area (Å²) in [6, 6.07) is 25.0.